The lowest BCUT2D eigenvalue weighted by Gasteiger charge is -2.32. The van der Waals surface area contributed by atoms with Gasteiger partial charge < -0.3 is 0 Å². The molecule has 2 rings (SSSR count). The van der Waals surface area contributed by atoms with E-state index in [1.807, 2.05) is 12.3 Å². The summed E-state index contributed by atoms with van der Waals surface area (Å²) in [6.45, 7) is 16.5. The molecule has 0 aliphatic carbocycles. The second-order valence-electron chi connectivity index (χ2n) is 8.24. The van der Waals surface area contributed by atoms with Gasteiger partial charge in [0.05, 0.1) is 13.8 Å². The molecule has 2 aromatic heterocycles. The third kappa shape index (κ3) is 3.64. The average molecular weight is 313 g/mol. The molecule has 22 heavy (non-hydrogen) atoms. The molecule has 2 nitrogen and oxygen atoms in total. The fraction of sp³-hybridized carbons (Fsp3) is 0.474. The van der Waals surface area contributed by atoms with E-state index in [0.717, 1.165) is 11.3 Å². The van der Waals surface area contributed by atoms with Crippen LogP contribution in [0.15, 0.2) is 36.8 Å². The summed E-state index contributed by atoms with van der Waals surface area (Å²) in [6.07, 6.45) is 5.81. The lowest BCUT2D eigenvalue weighted by Crippen LogP contribution is -2.42. The van der Waals surface area contributed by atoms with Gasteiger partial charge in [0.1, 0.15) is 0 Å². The second kappa shape index (κ2) is 5.96. The van der Waals surface area contributed by atoms with Crippen molar-refractivity contribution >= 4 is 13.3 Å². The first-order valence-electron chi connectivity index (χ1n) is 8.01. The van der Waals surface area contributed by atoms with Crippen LogP contribution in [-0.2, 0) is 0 Å². The molecule has 0 aromatic carbocycles. The molecule has 2 aromatic rings. The maximum atomic E-state index is 4.74. The van der Waals surface area contributed by atoms with E-state index < -0.39 is 8.07 Å². The van der Waals surface area contributed by atoms with E-state index in [4.69, 9.17) is 4.98 Å². The van der Waals surface area contributed by atoms with E-state index in [-0.39, 0.29) is 5.41 Å². The lowest BCUT2D eigenvalue weighted by molar-refractivity contribution is 0.340. The second-order valence-corrected chi connectivity index (χ2v) is 13.3. The van der Waals surface area contributed by atoms with Gasteiger partial charge in [0.15, 0.2) is 0 Å². The largest absolute Gasteiger partial charge is 0.264 e. The SMILES string of the molecule is CC(c1cc(-c2cccnc2)ncc1[Si](C)(C)C)C(C)(C)C. The molecular formula is C19H28N2Si. The summed E-state index contributed by atoms with van der Waals surface area (Å²) in [6, 6.07) is 6.34. The highest BCUT2D eigenvalue weighted by Crippen LogP contribution is 2.35. The molecular weight excluding hydrogens is 284 g/mol. The standard InChI is InChI=1S/C19H28N2Si/c1-14(19(2,3)4)16-11-17(15-9-8-10-20-12-15)21-13-18(16)22(5,6)7/h8-14H,1-7H3. The van der Waals surface area contributed by atoms with Crippen molar-refractivity contribution in [1.29, 1.82) is 0 Å². The fourth-order valence-electron chi connectivity index (χ4n) is 2.59. The number of nitrogens with zero attached hydrogens (tertiary/aromatic N) is 2. The zero-order valence-corrected chi connectivity index (χ0v) is 15.9. The van der Waals surface area contributed by atoms with Crippen molar-refractivity contribution in [2.24, 2.45) is 5.41 Å². The van der Waals surface area contributed by atoms with Crippen LogP contribution in [0.1, 0.15) is 39.2 Å². The minimum absolute atomic E-state index is 0.238. The van der Waals surface area contributed by atoms with Crippen molar-refractivity contribution in [3.05, 3.63) is 42.4 Å². The number of rotatable bonds is 3. The van der Waals surface area contributed by atoms with Crippen LogP contribution >= 0.6 is 0 Å². The number of hydrogen-bond donors (Lipinski definition) is 0. The molecule has 118 valence electrons. The van der Waals surface area contributed by atoms with Crippen LogP contribution < -0.4 is 5.19 Å². The van der Waals surface area contributed by atoms with Crippen molar-refractivity contribution in [1.82, 2.24) is 9.97 Å². The van der Waals surface area contributed by atoms with Gasteiger partial charge >= 0.3 is 0 Å². The third-order valence-corrected chi connectivity index (χ3v) is 6.50. The molecule has 0 bridgehead atoms. The Labute approximate surface area is 136 Å². The van der Waals surface area contributed by atoms with Crippen LogP contribution in [-0.4, -0.2) is 18.0 Å². The summed E-state index contributed by atoms with van der Waals surface area (Å²) in [4.78, 5) is 8.96. The lowest BCUT2D eigenvalue weighted by atomic mass is 9.78. The average Bonchev–Trinajstić information content (AvgIpc) is 2.45. The Morgan fingerprint density at radius 3 is 2.27 bits per heavy atom. The molecule has 3 heteroatoms. The maximum absolute atomic E-state index is 4.74. The van der Waals surface area contributed by atoms with Gasteiger partial charge in [-0.3, -0.25) is 9.97 Å². The zero-order valence-electron chi connectivity index (χ0n) is 14.9. The van der Waals surface area contributed by atoms with Crippen LogP contribution in [0.3, 0.4) is 0 Å². The minimum atomic E-state index is -1.42. The van der Waals surface area contributed by atoms with Gasteiger partial charge in [-0.25, -0.2) is 0 Å². The molecule has 0 spiro atoms. The summed E-state index contributed by atoms with van der Waals surface area (Å²) in [5.74, 6) is 0.493. The van der Waals surface area contributed by atoms with Crippen molar-refractivity contribution in [3.8, 4) is 11.3 Å². The quantitative estimate of drug-likeness (QED) is 0.758. The topological polar surface area (TPSA) is 25.8 Å². The molecule has 0 N–H and O–H groups in total. The van der Waals surface area contributed by atoms with E-state index in [0.29, 0.717) is 5.92 Å². The van der Waals surface area contributed by atoms with Crippen LogP contribution in [0.2, 0.25) is 19.6 Å². The van der Waals surface area contributed by atoms with E-state index in [1.165, 1.54) is 10.8 Å². The van der Waals surface area contributed by atoms with Crippen LogP contribution in [0.4, 0.5) is 0 Å². The first-order chi connectivity index (χ1) is 10.1. The first kappa shape index (κ1) is 16.9. The molecule has 0 aliphatic heterocycles. The predicted molar refractivity (Wildman–Crippen MR) is 98.3 cm³/mol. The fourth-order valence-corrected chi connectivity index (χ4v) is 4.20. The van der Waals surface area contributed by atoms with Gasteiger partial charge in [-0.15, -0.1) is 0 Å². The molecule has 2 heterocycles. The molecule has 0 saturated heterocycles. The molecule has 0 radical (unpaired) electrons. The molecule has 0 amide bonds. The van der Waals surface area contributed by atoms with Crippen molar-refractivity contribution in [2.75, 3.05) is 0 Å². The van der Waals surface area contributed by atoms with Gasteiger partial charge in [0.25, 0.3) is 0 Å². The number of pyridine rings is 2. The van der Waals surface area contributed by atoms with Crippen LogP contribution in [0, 0.1) is 5.41 Å². The van der Waals surface area contributed by atoms with E-state index in [1.54, 1.807) is 6.20 Å². The molecule has 0 saturated carbocycles. The highest BCUT2D eigenvalue weighted by atomic mass is 28.3. The van der Waals surface area contributed by atoms with E-state index in [9.17, 15) is 0 Å². The Morgan fingerprint density at radius 1 is 1.09 bits per heavy atom. The van der Waals surface area contributed by atoms with Gasteiger partial charge in [-0.1, -0.05) is 47.3 Å². The summed E-state index contributed by atoms with van der Waals surface area (Å²) in [5, 5.41) is 1.47. The van der Waals surface area contributed by atoms with Crippen LogP contribution in [0.25, 0.3) is 11.3 Å². The summed E-state index contributed by atoms with van der Waals surface area (Å²) < 4.78 is 0. The highest BCUT2D eigenvalue weighted by molar-refractivity contribution is 6.89. The highest BCUT2D eigenvalue weighted by Gasteiger charge is 2.29. The normalized spacial score (nSPS) is 14.0. The number of hydrogen-bond acceptors (Lipinski definition) is 2. The Kier molecular flexibility index (Phi) is 4.57. The summed E-state index contributed by atoms with van der Waals surface area (Å²) in [7, 11) is -1.42. The van der Waals surface area contributed by atoms with Gasteiger partial charge in [0, 0.05) is 24.2 Å². The minimum Gasteiger partial charge on any atom is -0.264 e. The van der Waals surface area contributed by atoms with Gasteiger partial charge in [-0.2, -0.15) is 0 Å². The molecule has 1 unspecified atom stereocenters. The third-order valence-electron chi connectivity index (χ3n) is 4.47. The molecule has 0 aliphatic rings. The van der Waals surface area contributed by atoms with E-state index in [2.05, 4.69) is 70.6 Å². The van der Waals surface area contributed by atoms with Crippen molar-refractivity contribution in [2.45, 2.75) is 53.3 Å². The number of aromatic nitrogens is 2. The van der Waals surface area contributed by atoms with E-state index >= 15 is 0 Å². The summed E-state index contributed by atoms with van der Waals surface area (Å²) in [5.41, 5.74) is 3.82. The maximum Gasteiger partial charge on any atom is 0.0799 e. The van der Waals surface area contributed by atoms with Crippen LogP contribution in [0.5, 0.6) is 0 Å². The smallest absolute Gasteiger partial charge is 0.0799 e. The summed E-state index contributed by atoms with van der Waals surface area (Å²) >= 11 is 0. The molecule has 0 fully saturated rings. The van der Waals surface area contributed by atoms with Crippen molar-refractivity contribution < 1.29 is 0 Å². The van der Waals surface area contributed by atoms with Crippen molar-refractivity contribution in [3.63, 3.8) is 0 Å². The van der Waals surface area contributed by atoms with Gasteiger partial charge in [0.2, 0.25) is 0 Å². The molecule has 1 atom stereocenters. The van der Waals surface area contributed by atoms with Gasteiger partial charge in [-0.05, 0) is 40.3 Å². The Bertz CT molecular complexity index is 637. The zero-order chi connectivity index (χ0) is 16.5. The monoisotopic (exact) mass is 312 g/mol. The Balaban J connectivity index is 2.61. The Hall–Kier alpha value is -1.48. The predicted octanol–water partition coefficient (Wildman–Crippen LogP) is 4.84. The Morgan fingerprint density at radius 2 is 1.77 bits per heavy atom. The first-order valence-corrected chi connectivity index (χ1v) is 11.5.